The van der Waals surface area contributed by atoms with Gasteiger partial charge in [0, 0.05) is 37.3 Å². The van der Waals surface area contributed by atoms with Gasteiger partial charge in [-0.3, -0.25) is 4.79 Å². The van der Waals surface area contributed by atoms with Gasteiger partial charge in [-0.15, -0.1) is 0 Å². The van der Waals surface area contributed by atoms with E-state index >= 15 is 0 Å². The summed E-state index contributed by atoms with van der Waals surface area (Å²) in [4.78, 5) is 36.0. The van der Waals surface area contributed by atoms with Crippen molar-refractivity contribution < 1.29 is 87.7 Å². The van der Waals surface area contributed by atoms with E-state index in [0.29, 0.717) is 5.56 Å². The number of nitrogens with zero attached hydrogens (tertiary/aromatic N) is 1. The van der Waals surface area contributed by atoms with Crippen LogP contribution >= 0.6 is 0 Å². The van der Waals surface area contributed by atoms with Gasteiger partial charge in [0.25, 0.3) is 5.56 Å². The number of amides is 2. The first-order chi connectivity index (χ1) is 15.6. The molecule has 172 valence electrons. The summed E-state index contributed by atoms with van der Waals surface area (Å²) in [6, 6.07) is 6.91. The van der Waals surface area contributed by atoms with Gasteiger partial charge in [0.2, 0.25) is 0 Å². The fraction of sp³-hybridized carbons (Fsp3) is 0.174. The van der Waals surface area contributed by atoms with Crippen LogP contribution in [-0.4, -0.2) is 16.6 Å². The Morgan fingerprint density at radius 3 is 2.43 bits per heavy atom. The van der Waals surface area contributed by atoms with Crippen LogP contribution < -0.4 is 85.5 Å². The Balaban J connectivity index is 0.00000306. The Morgan fingerprint density at radius 2 is 1.80 bits per heavy atom. The van der Waals surface area contributed by atoms with Crippen LogP contribution in [-0.2, 0) is 11.8 Å². The van der Waals surface area contributed by atoms with Gasteiger partial charge in [0.15, 0.2) is 0 Å². The Bertz CT molecular complexity index is 1300. The Hall–Kier alpha value is -2.21. The number of urea groups is 1. The maximum atomic E-state index is 14.2. The summed E-state index contributed by atoms with van der Waals surface area (Å²) >= 11 is 0. The van der Waals surface area contributed by atoms with E-state index in [1.54, 1.807) is 0 Å². The van der Waals surface area contributed by atoms with Crippen LogP contribution in [0.1, 0.15) is 23.6 Å². The van der Waals surface area contributed by atoms with Crippen molar-refractivity contribution >= 4 is 17.7 Å². The number of carbonyl (C=O) groups excluding carboxylic acids is 2. The summed E-state index contributed by atoms with van der Waals surface area (Å²) in [5.74, 6) is -3.71. The number of aryl methyl sites for hydroxylation is 2. The van der Waals surface area contributed by atoms with Gasteiger partial charge >= 0.3 is 65.1 Å². The molecule has 0 bridgehead atoms. The molecule has 0 aliphatic heterocycles. The van der Waals surface area contributed by atoms with E-state index in [4.69, 9.17) is 0 Å². The molecule has 1 aromatic heterocycles. The van der Waals surface area contributed by atoms with Crippen LogP contribution in [0.4, 0.5) is 19.3 Å². The Labute approximate surface area is 243 Å². The van der Waals surface area contributed by atoms with E-state index in [1.807, 2.05) is 0 Å². The fourth-order valence-corrected chi connectivity index (χ4v) is 3.36. The van der Waals surface area contributed by atoms with E-state index in [2.05, 4.69) is 10.6 Å². The van der Waals surface area contributed by atoms with Crippen LogP contribution in [0, 0.1) is 18.6 Å². The number of anilines is 1. The number of carboxylic acid groups (broad SMARTS) is 1. The molecule has 12 heteroatoms. The summed E-state index contributed by atoms with van der Waals surface area (Å²) in [6.45, 7) is 1.48. The maximum absolute atomic E-state index is 14.2. The largest absolute Gasteiger partial charge is 1.00 e. The number of halogens is 2. The van der Waals surface area contributed by atoms with Gasteiger partial charge in [0.1, 0.15) is 17.3 Å². The minimum Gasteiger partial charge on any atom is -0.871 e. The number of hydrogen-bond donors (Lipinski definition) is 2. The van der Waals surface area contributed by atoms with Crippen LogP contribution in [0.5, 0.6) is 5.75 Å². The summed E-state index contributed by atoms with van der Waals surface area (Å²) in [6.07, 6.45) is 0.686. The van der Waals surface area contributed by atoms with Gasteiger partial charge < -0.3 is 30.2 Å². The molecule has 2 N–H and O–H groups in total. The first-order valence-electron chi connectivity index (χ1n) is 9.76. The third-order valence-corrected chi connectivity index (χ3v) is 4.95. The number of benzene rings is 2. The van der Waals surface area contributed by atoms with Gasteiger partial charge in [0.05, 0.1) is 6.04 Å². The fourth-order valence-electron chi connectivity index (χ4n) is 3.36. The molecule has 1 atom stereocenters. The Morgan fingerprint density at radius 1 is 1.11 bits per heavy atom. The molecular formula is C23H19F2N3Na2O5. The molecule has 0 fully saturated rings. The third kappa shape index (κ3) is 7.63. The van der Waals surface area contributed by atoms with Crippen molar-refractivity contribution in [3.8, 4) is 16.9 Å². The molecule has 3 rings (SSSR count). The number of carboxylic acids is 1. The number of nitrogens with one attached hydrogen (secondary N) is 2. The Kier molecular flexibility index (Phi) is 11.6. The molecule has 0 unspecified atom stereocenters. The molecule has 3 aromatic rings. The summed E-state index contributed by atoms with van der Waals surface area (Å²) in [7, 11) is 1.41. The van der Waals surface area contributed by atoms with Crippen molar-refractivity contribution in [2.45, 2.75) is 19.4 Å². The smallest absolute Gasteiger partial charge is 0.871 e. The number of aromatic nitrogens is 1. The van der Waals surface area contributed by atoms with Gasteiger partial charge in [-0.1, -0.05) is 23.9 Å². The molecule has 1 heterocycles. The minimum absolute atomic E-state index is 0. The van der Waals surface area contributed by atoms with Gasteiger partial charge in [-0.25, -0.2) is 13.6 Å². The second-order valence-electron chi connectivity index (χ2n) is 7.41. The predicted molar refractivity (Wildman–Crippen MR) is 112 cm³/mol. The number of hydrogen-bond acceptors (Lipinski definition) is 5. The van der Waals surface area contributed by atoms with Crippen molar-refractivity contribution in [1.82, 2.24) is 9.88 Å². The van der Waals surface area contributed by atoms with Gasteiger partial charge in [-0.2, -0.15) is 0 Å². The molecule has 8 nitrogen and oxygen atoms in total. The van der Waals surface area contributed by atoms with Gasteiger partial charge in [-0.05, 0) is 41.8 Å². The molecule has 0 spiro atoms. The average Bonchev–Trinajstić information content (AvgIpc) is 2.74. The number of carbonyl (C=O) groups is 2. The van der Waals surface area contributed by atoms with Crippen LogP contribution in [0.2, 0.25) is 0 Å². The number of pyridine rings is 1. The zero-order valence-corrected chi connectivity index (χ0v) is 23.6. The molecule has 35 heavy (non-hydrogen) atoms. The van der Waals surface area contributed by atoms with E-state index in [1.165, 1.54) is 50.5 Å². The quantitative estimate of drug-likeness (QED) is 0.331. The van der Waals surface area contributed by atoms with E-state index in [0.717, 1.165) is 16.7 Å². The molecular weight excluding hydrogens is 482 g/mol. The average molecular weight is 501 g/mol. The first-order valence-corrected chi connectivity index (χ1v) is 9.76. The summed E-state index contributed by atoms with van der Waals surface area (Å²) < 4.78 is 28.5. The van der Waals surface area contributed by atoms with Crippen molar-refractivity contribution in [1.29, 1.82) is 0 Å². The molecule has 2 aromatic carbocycles. The molecule has 0 saturated heterocycles. The van der Waals surface area contributed by atoms with E-state index in [-0.39, 0.29) is 75.8 Å². The van der Waals surface area contributed by atoms with Crippen molar-refractivity contribution in [2.75, 3.05) is 5.32 Å². The first kappa shape index (κ1) is 30.8. The summed E-state index contributed by atoms with van der Waals surface area (Å²) in [5, 5.41) is 28.1. The number of aliphatic carboxylic acids is 1. The van der Waals surface area contributed by atoms with Crippen LogP contribution in [0.3, 0.4) is 0 Å². The second-order valence-corrected chi connectivity index (χ2v) is 7.41. The van der Waals surface area contributed by atoms with Crippen LogP contribution in [0.15, 0.2) is 53.5 Å². The van der Waals surface area contributed by atoms with E-state index in [9.17, 15) is 33.4 Å². The second kappa shape index (κ2) is 13.2. The molecule has 0 aliphatic rings. The standard InChI is InChI=1S/C23H21F2N3O5.2Na/c1-12-11-28(2)22(32)20(21(12)31)27-23(33)26-18(10-19(29)30)14-5-3-4-13(8-14)16-7-6-15(24)9-17(16)25;;/h3-9,11,18,31H,10H2,1-2H3,(H,29,30)(H2,26,27,33);;/q;2*+1/p-2/t18-;;/m0../s1. The maximum Gasteiger partial charge on any atom is 1.00 e. The zero-order valence-electron chi connectivity index (χ0n) is 19.6. The predicted octanol–water partition coefficient (Wildman–Crippen LogP) is -4.28. The number of rotatable bonds is 6. The molecule has 2 amide bonds. The third-order valence-electron chi connectivity index (χ3n) is 4.95. The zero-order chi connectivity index (χ0) is 24.3. The molecule has 0 saturated carbocycles. The minimum atomic E-state index is -1.48. The van der Waals surface area contributed by atoms with Crippen LogP contribution in [0.25, 0.3) is 11.1 Å². The topological polar surface area (TPSA) is 126 Å². The monoisotopic (exact) mass is 501 g/mol. The molecule has 0 aliphatic carbocycles. The van der Waals surface area contributed by atoms with Crippen molar-refractivity contribution in [3.63, 3.8) is 0 Å². The summed E-state index contributed by atoms with van der Waals surface area (Å²) in [5.41, 5.74) is -0.294. The van der Waals surface area contributed by atoms with Crippen molar-refractivity contribution in [3.05, 3.63) is 81.8 Å². The SMILES string of the molecule is Cc1cn(C)c(=O)c(NC(=O)N[C@@H](CC(=O)[O-])c2cccc(-c3ccc(F)cc3F)c2)c1[O-].[Na+].[Na+]. The van der Waals surface area contributed by atoms with E-state index < -0.39 is 53.1 Å². The van der Waals surface area contributed by atoms with Crippen molar-refractivity contribution in [2.24, 2.45) is 7.05 Å². The molecule has 0 radical (unpaired) electrons. The normalized spacial score (nSPS) is 11.0.